The maximum absolute atomic E-state index is 13.1. The molecule has 0 atom stereocenters. The van der Waals surface area contributed by atoms with Gasteiger partial charge in [-0.1, -0.05) is 12.1 Å². The van der Waals surface area contributed by atoms with Gasteiger partial charge < -0.3 is 29.4 Å². The molecular formula is C27H33N5O4. The number of imidazole rings is 1. The summed E-state index contributed by atoms with van der Waals surface area (Å²) in [5, 5.41) is 13.4. The monoisotopic (exact) mass is 491 g/mol. The molecule has 0 aliphatic carbocycles. The highest BCUT2D eigenvalue weighted by Crippen LogP contribution is 2.30. The maximum atomic E-state index is 13.1. The molecule has 9 nitrogen and oxygen atoms in total. The molecule has 0 unspecified atom stereocenters. The number of aryl methyl sites for hydroxylation is 1. The van der Waals surface area contributed by atoms with Crippen molar-refractivity contribution in [1.29, 1.82) is 0 Å². The number of allylic oxidation sites excluding steroid dienone is 1. The molecule has 2 aliphatic rings. The molecule has 0 bridgehead atoms. The highest BCUT2D eigenvalue weighted by molar-refractivity contribution is 6.25. The number of hydrogen-bond donors (Lipinski definition) is 2. The average molecular weight is 492 g/mol. The third-order valence-electron chi connectivity index (χ3n) is 6.72. The predicted molar refractivity (Wildman–Crippen MR) is 139 cm³/mol. The van der Waals surface area contributed by atoms with E-state index in [2.05, 4.69) is 27.1 Å². The molecule has 2 aliphatic heterocycles. The Hall–Kier alpha value is -3.40. The van der Waals surface area contributed by atoms with Crippen molar-refractivity contribution in [2.75, 3.05) is 64.9 Å². The summed E-state index contributed by atoms with van der Waals surface area (Å²) in [6, 6.07) is 14.9. The standard InChI is InChI=1S/C27H33N5O4/c1-30-12-14-31(15-13-30)16-17-35-18-19-36-21-8-6-20(7-9-21)28-27(34)25-24(33)10-11-32-23-5-3-2-4-22(23)29-26(25)32/h2-9,33H,10-19H2,1H3,(H,28,34). The van der Waals surface area contributed by atoms with Crippen LogP contribution in [0.15, 0.2) is 54.3 Å². The zero-order chi connectivity index (χ0) is 24.9. The number of fused-ring (bicyclic) bond motifs is 3. The maximum Gasteiger partial charge on any atom is 0.262 e. The fraction of sp³-hybridized carbons (Fsp3) is 0.407. The average Bonchev–Trinajstić information content (AvgIpc) is 3.26. The molecule has 1 fully saturated rings. The molecule has 190 valence electrons. The van der Waals surface area contributed by atoms with Gasteiger partial charge >= 0.3 is 0 Å². The fourth-order valence-electron chi connectivity index (χ4n) is 4.61. The van der Waals surface area contributed by atoms with E-state index in [9.17, 15) is 9.90 Å². The predicted octanol–water partition coefficient (Wildman–Crippen LogP) is 2.99. The minimum absolute atomic E-state index is 0.0582. The van der Waals surface area contributed by atoms with Gasteiger partial charge in [-0.05, 0) is 43.4 Å². The molecule has 3 heterocycles. The van der Waals surface area contributed by atoms with Gasteiger partial charge in [0.2, 0.25) is 0 Å². The van der Waals surface area contributed by atoms with E-state index in [0.717, 1.165) is 43.8 Å². The van der Waals surface area contributed by atoms with Crippen molar-refractivity contribution in [2.24, 2.45) is 0 Å². The van der Waals surface area contributed by atoms with E-state index in [1.165, 1.54) is 0 Å². The minimum atomic E-state index is -0.383. The van der Waals surface area contributed by atoms with E-state index in [-0.39, 0.29) is 17.2 Å². The molecule has 36 heavy (non-hydrogen) atoms. The van der Waals surface area contributed by atoms with E-state index in [4.69, 9.17) is 9.47 Å². The van der Waals surface area contributed by atoms with Crippen molar-refractivity contribution >= 4 is 28.2 Å². The van der Waals surface area contributed by atoms with Gasteiger partial charge in [-0.2, -0.15) is 0 Å². The summed E-state index contributed by atoms with van der Waals surface area (Å²) >= 11 is 0. The lowest BCUT2D eigenvalue weighted by Crippen LogP contribution is -2.45. The number of aromatic nitrogens is 2. The number of rotatable bonds is 9. The Morgan fingerprint density at radius 3 is 2.58 bits per heavy atom. The van der Waals surface area contributed by atoms with Crippen LogP contribution in [0.25, 0.3) is 16.6 Å². The number of nitrogens with one attached hydrogen (secondary N) is 1. The fourth-order valence-corrected chi connectivity index (χ4v) is 4.61. The van der Waals surface area contributed by atoms with E-state index in [1.54, 1.807) is 12.1 Å². The number of likely N-dealkylation sites (N-methyl/N-ethyl adjacent to an activating group) is 1. The molecule has 0 radical (unpaired) electrons. The summed E-state index contributed by atoms with van der Waals surface area (Å²) < 4.78 is 13.5. The number of benzene rings is 2. The second-order valence-electron chi connectivity index (χ2n) is 9.23. The van der Waals surface area contributed by atoms with Crippen molar-refractivity contribution in [3.63, 3.8) is 0 Å². The molecule has 3 aromatic rings. The van der Waals surface area contributed by atoms with Crippen LogP contribution < -0.4 is 10.1 Å². The lowest BCUT2D eigenvalue weighted by atomic mass is 10.1. The number of piperazine rings is 1. The SMILES string of the molecule is CN1CCN(CCOCCOc2ccc(NC(=O)C3=C(O)CCn4c3nc3ccccc34)cc2)CC1. The summed E-state index contributed by atoms with van der Waals surface area (Å²) in [7, 11) is 2.15. The topological polar surface area (TPSA) is 92.1 Å². The highest BCUT2D eigenvalue weighted by atomic mass is 16.5. The first-order valence-electron chi connectivity index (χ1n) is 12.5. The van der Waals surface area contributed by atoms with Crippen LogP contribution in [0.2, 0.25) is 0 Å². The zero-order valence-electron chi connectivity index (χ0n) is 20.7. The number of aliphatic hydroxyl groups is 1. The van der Waals surface area contributed by atoms with Gasteiger partial charge in [0.15, 0.2) is 0 Å². The Morgan fingerprint density at radius 1 is 1.00 bits per heavy atom. The summed E-state index contributed by atoms with van der Waals surface area (Å²) in [6.45, 7) is 7.64. The van der Waals surface area contributed by atoms with E-state index >= 15 is 0 Å². The number of nitrogens with zero attached hydrogens (tertiary/aromatic N) is 4. The first kappa shape index (κ1) is 24.3. The third-order valence-corrected chi connectivity index (χ3v) is 6.72. The Balaban J connectivity index is 1.10. The largest absolute Gasteiger partial charge is 0.511 e. The van der Waals surface area contributed by atoms with Crippen LogP contribution in [0.5, 0.6) is 5.75 Å². The summed E-state index contributed by atoms with van der Waals surface area (Å²) in [6.07, 6.45) is 0.389. The summed E-state index contributed by atoms with van der Waals surface area (Å²) in [4.78, 5) is 22.4. The molecule has 0 spiro atoms. The van der Waals surface area contributed by atoms with Crippen molar-refractivity contribution in [2.45, 2.75) is 13.0 Å². The third kappa shape index (κ3) is 5.53. The number of amides is 1. The summed E-state index contributed by atoms with van der Waals surface area (Å²) in [5.74, 6) is 0.872. The first-order valence-corrected chi connectivity index (χ1v) is 12.5. The zero-order valence-corrected chi connectivity index (χ0v) is 20.7. The number of hydrogen-bond acceptors (Lipinski definition) is 7. The number of aliphatic hydroxyl groups excluding tert-OH is 1. The van der Waals surface area contributed by atoms with Gasteiger partial charge in [-0.15, -0.1) is 0 Å². The first-order chi connectivity index (χ1) is 17.6. The summed E-state index contributed by atoms with van der Waals surface area (Å²) in [5.41, 5.74) is 2.59. The smallest absolute Gasteiger partial charge is 0.262 e. The number of carbonyl (C=O) groups is 1. The Morgan fingerprint density at radius 2 is 1.78 bits per heavy atom. The van der Waals surface area contributed by atoms with Gasteiger partial charge in [-0.3, -0.25) is 9.69 Å². The molecule has 5 rings (SSSR count). The number of para-hydroxylation sites is 2. The Bertz CT molecular complexity index is 1230. The van der Waals surface area contributed by atoms with Crippen molar-refractivity contribution in [3.05, 3.63) is 60.1 Å². The Kier molecular flexibility index (Phi) is 7.50. The Labute approximate surface area is 210 Å². The second-order valence-corrected chi connectivity index (χ2v) is 9.23. The number of ether oxygens (including phenoxy) is 2. The quantitative estimate of drug-likeness (QED) is 0.445. The van der Waals surface area contributed by atoms with E-state index in [0.29, 0.717) is 50.0 Å². The van der Waals surface area contributed by atoms with Crippen molar-refractivity contribution in [1.82, 2.24) is 19.4 Å². The van der Waals surface area contributed by atoms with Crippen LogP contribution in [-0.4, -0.2) is 90.0 Å². The molecule has 9 heteroatoms. The molecule has 1 amide bonds. The normalized spacial score (nSPS) is 16.8. The lowest BCUT2D eigenvalue weighted by Gasteiger charge is -2.32. The van der Waals surface area contributed by atoms with Gasteiger partial charge in [0.25, 0.3) is 5.91 Å². The van der Waals surface area contributed by atoms with Crippen LogP contribution in [0, 0.1) is 0 Å². The van der Waals surface area contributed by atoms with Crippen LogP contribution in [0.3, 0.4) is 0 Å². The molecule has 0 saturated carbocycles. The highest BCUT2D eigenvalue weighted by Gasteiger charge is 2.28. The van der Waals surface area contributed by atoms with Gasteiger partial charge in [0, 0.05) is 51.4 Å². The van der Waals surface area contributed by atoms with Crippen LogP contribution in [-0.2, 0) is 16.1 Å². The molecule has 2 N–H and O–H groups in total. The molecular weight excluding hydrogens is 458 g/mol. The van der Waals surface area contributed by atoms with E-state index < -0.39 is 0 Å². The van der Waals surface area contributed by atoms with Gasteiger partial charge in [-0.25, -0.2) is 4.98 Å². The van der Waals surface area contributed by atoms with Crippen LogP contribution in [0.1, 0.15) is 12.2 Å². The molecule has 2 aromatic carbocycles. The van der Waals surface area contributed by atoms with Crippen LogP contribution in [0.4, 0.5) is 5.69 Å². The second kappa shape index (κ2) is 11.1. The van der Waals surface area contributed by atoms with E-state index in [1.807, 2.05) is 41.0 Å². The van der Waals surface area contributed by atoms with Crippen molar-refractivity contribution < 1.29 is 19.4 Å². The van der Waals surface area contributed by atoms with Gasteiger partial charge in [0.05, 0.1) is 24.2 Å². The number of anilines is 1. The molecule has 1 saturated heterocycles. The van der Waals surface area contributed by atoms with Gasteiger partial charge in [0.1, 0.15) is 29.5 Å². The molecule has 1 aromatic heterocycles. The lowest BCUT2D eigenvalue weighted by molar-refractivity contribution is -0.111. The minimum Gasteiger partial charge on any atom is -0.511 e. The number of carbonyl (C=O) groups excluding carboxylic acids is 1. The van der Waals surface area contributed by atoms with Crippen molar-refractivity contribution in [3.8, 4) is 5.75 Å². The van der Waals surface area contributed by atoms with Crippen LogP contribution >= 0.6 is 0 Å².